The number of hydrogen-bond donors (Lipinski definition) is 1. The van der Waals surface area contributed by atoms with Crippen molar-refractivity contribution >= 4 is 17.9 Å². The molecule has 2 aromatic carbocycles. The van der Waals surface area contributed by atoms with Gasteiger partial charge in [-0.2, -0.15) is 5.10 Å². The number of carbonyl (C=O) groups is 1. The fourth-order valence-electron chi connectivity index (χ4n) is 1.98. The van der Waals surface area contributed by atoms with Crippen LogP contribution in [0.2, 0.25) is 0 Å². The first-order valence-corrected chi connectivity index (χ1v) is 7.13. The maximum atomic E-state index is 13.5. The monoisotopic (exact) mass is 350 g/mol. The third-order valence-electron chi connectivity index (χ3n) is 3.06. The van der Waals surface area contributed by atoms with Crippen LogP contribution in [0.1, 0.15) is 12.5 Å². The molecule has 0 atom stereocenters. The molecule has 0 aromatic heterocycles. The molecule has 0 aliphatic heterocycles. The Kier molecular flexibility index (Phi) is 5.89. The van der Waals surface area contributed by atoms with E-state index in [1.165, 1.54) is 33.4 Å². The van der Waals surface area contributed by atoms with Crippen molar-refractivity contribution in [3.63, 3.8) is 0 Å². The Hall–Kier alpha value is -3.16. The number of halogens is 2. The summed E-state index contributed by atoms with van der Waals surface area (Å²) in [4.78, 5) is 11.2. The van der Waals surface area contributed by atoms with Gasteiger partial charge in [-0.05, 0) is 24.3 Å². The normalized spacial score (nSPS) is 10.6. The Morgan fingerprint density at radius 1 is 1.12 bits per heavy atom. The maximum Gasteiger partial charge on any atom is 0.308 e. The van der Waals surface area contributed by atoms with Crippen LogP contribution in [0.3, 0.4) is 0 Å². The first-order chi connectivity index (χ1) is 11.9. The topological polar surface area (TPSA) is 69.2 Å². The predicted molar refractivity (Wildman–Crippen MR) is 88.4 cm³/mol. The van der Waals surface area contributed by atoms with Crippen LogP contribution in [-0.2, 0) is 4.79 Å². The first-order valence-electron chi connectivity index (χ1n) is 7.13. The summed E-state index contributed by atoms with van der Waals surface area (Å²) in [5.74, 6) is -1.29. The fraction of sp³-hybridized carbons (Fsp3) is 0.176. The molecule has 0 spiro atoms. The Bertz CT molecular complexity index is 784. The second-order valence-corrected chi connectivity index (χ2v) is 4.84. The Labute approximate surface area is 143 Å². The molecule has 0 aliphatic carbocycles. The number of esters is 1. The molecule has 132 valence electrons. The summed E-state index contributed by atoms with van der Waals surface area (Å²) in [5, 5.41) is 3.89. The number of anilines is 1. The number of nitrogens with zero attached hydrogens (tertiary/aromatic N) is 1. The lowest BCUT2D eigenvalue weighted by Crippen LogP contribution is -2.05. The van der Waals surface area contributed by atoms with Crippen LogP contribution in [0, 0.1) is 11.6 Å². The van der Waals surface area contributed by atoms with Gasteiger partial charge in [-0.1, -0.05) is 0 Å². The van der Waals surface area contributed by atoms with Crippen molar-refractivity contribution in [2.45, 2.75) is 6.92 Å². The molecular formula is C17H16F2N2O4. The number of benzene rings is 2. The molecule has 8 heteroatoms. The summed E-state index contributed by atoms with van der Waals surface area (Å²) in [6.45, 7) is 1.26. The Balaban J connectivity index is 2.25. The minimum absolute atomic E-state index is 0.0214. The van der Waals surface area contributed by atoms with E-state index in [-0.39, 0.29) is 22.9 Å². The molecule has 6 nitrogen and oxygen atoms in total. The SMILES string of the molecule is COc1cc(/C=N/Nc2ccc(F)cc2F)cc(OC)c1OC(C)=O. The number of hydrogen-bond acceptors (Lipinski definition) is 6. The molecule has 25 heavy (non-hydrogen) atoms. The highest BCUT2D eigenvalue weighted by Crippen LogP contribution is 2.38. The predicted octanol–water partition coefficient (Wildman–Crippen LogP) is 3.35. The lowest BCUT2D eigenvalue weighted by molar-refractivity contribution is -0.132. The average Bonchev–Trinajstić information content (AvgIpc) is 2.57. The summed E-state index contributed by atoms with van der Waals surface area (Å²) in [5.41, 5.74) is 3.03. The van der Waals surface area contributed by atoms with E-state index in [4.69, 9.17) is 14.2 Å². The number of carbonyl (C=O) groups excluding carboxylic acids is 1. The van der Waals surface area contributed by atoms with Crippen LogP contribution in [0.25, 0.3) is 0 Å². The van der Waals surface area contributed by atoms with E-state index in [9.17, 15) is 13.6 Å². The molecule has 0 saturated carbocycles. The number of rotatable bonds is 6. The van der Waals surface area contributed by atoms with Gasteiger partial charge in [-0.15, -0.1) is 0 Å². The standard InChI is InChI=1S/C17H16F2N2O4/c1-10(22)25-17-15(23-2)6-11(7-16(17)24-3)9-20-21-14-5-4-12(18)8-13(14)19/h4-9,21H,1-3H3/b20-9+. The quantitative estimate of drug-likeness (QED) is 0.374. The van der Waals surface area contributed by atoms with Gasteiger partial charge >= 0.3 is 5.97 Å². The summed E-state index contributed by atoms with van der Waals surface area (Å²) in [7, 11) is 2.82. The van der Waals surface area contributed by atoms with E-state index >= 15 is 0 Å². The number of methoxy groups -OCH3 is 2. The third kappa shape index (κ3) is 4.66. The summed E-state index contributed by atoms with van der Waals surface area (Å²) < 4.78 is 41.8. The molecule has 0 aliphatic rings. The van der Waals surface area contributed by atoms with Gasteiger partial charge in [-0.3, -0.25) is 10.2 Å². The van der Waals surface area contributed by atoms with Gasteiger partial charge in [0.25, 0.3) is 0 Å². The molecule has 0 fully saturated rings. The second kappa shape index (κ2) is 8.09. The van der Waals surface area contributed by atoms with Gasteiger partial charge in [0.1, 0.15) is 5.82 Å². The molecule has 0 unspecified atom stereocenters. The van der Waals surface area contributed by atoms with Gasteiger partial charge in [0, 0.05) is 18.6 Å². The van der Waals surface area contributed by atoms with Crippen molar-refractivity contribution in [1.29, 1.82) is 0 Å². The van der Waals surface area contributed by atoms with E-state index in [0.29, 0.717) is 5.56 Å². The second-order valence-electron chi connectivity index (χ2n) is 4.84. The molecule has 1 N–H and O–H groups in total. The third-order valence-corrected chi connectivity index (χ3v) is 3.06. The number of ether oxygens (including phenoxy) is 3. The van der Waals surface area contributed by atoms with Crippen molar-refractivity contribution in [2.75, 3.05) is 19.6 Å². The molecule has 2 aromatic rings. The molecule has 2 rings (SSSR count). The van der Waals surface area contributed by atoms with Gasteiger partial charge in [0.15, 0.2) is 17.3 Å². The van der Waals surface area contributed by atoms with Crippen molar-refractivity contribution in [3.8, 4) is 17.2 Å². The molecule has 0 amide bonds. The van der Waals surface area contributed by atoms with Crippen LogP contribution in [0.5, 0.6) is 17.2 Å². The summed E-state index contributed by atoms with van der Waals surface area (Å²) >= 11 is 0. The highest BCUT2D eigenvalue weighted by molar-refractivity contribution is 5.84. The Morgan fingerprint density at radius 2 is 1.76 bits per heavy atom. The lowest BCUT2D eigenvalue weighted by atomic mass is 10.2. The average molecular weight is 350 g/mol. The smallest absolute Gasteiger partial charge is 0.308 e. The zero-order valence-electron chi connectivity index (χ0n) is 13.8. The van der Waals surface area contributed by atoms with Crippen molar-refractivity contribution in [3.05, 3.63) is 47.5 Å². The van der Waals surface area contributed by atoms with Crippen LogP contribution < -0.4 is 19.6 Å². The van der Waals surface area contributed by atoms with Crippen LogP contribution >= 0.6 is 0 Å². The number of nitrogens with one attached hydrogen (secondary N) is 1. The highest BCUT2D eigenvalue weighted by Gasteiger charge is 2.15. The highest BCUT2D eigenvalue weighted by atomic mass is 19.1. The fourth-order valence-corrected chi connectivity index (χ4v) is 1.98. The van der Waals surface area contributed by atoms with E-state index in [1.54, 1.807) is 12.1 Å². The minimum atomic E-state index is -0.766. The molecule has 0 saturated heterocycles. The van der Waals surface area contributed by atoms with Gasteiger partial charge in [0.2, 0.25) is 5.75 Å². The first kappa shape index (κ1) is 18.2. The number of hydrazone groups is 1. The van der Waals surface area contributed by atoms with E-state index in [2.05, 4.69) is 10.5 Å². The maximum absolute atomic E-state index is 13.5. The van der Waals surface area contributed by atoms with Crippen molar-refractivity contribution < 1.29 is 27.8 Å². The van der Waals surface area contributed by atoms with E-state index in [0.717, 1.165) is 12.1 Å². The van der Waals surface area contributed by atoms with E-state index < -0.39 is 17.6 Å². The zero-order valence-corrected chi connectivity index (χ0v) is 13.8. The van der Waals surface area contributed by atoms with Gasteiger partial charge < -0.3 is 14.2 Å². The van der Waals surface area contributed by atoms with E-state index in [1.807, 2.05) is 0 Å². The molecule has 0 radical (unpaired) electrons. The van der Waals surface area contributed by atoms with Gasteiger partial charge in [0.05, 0.1) is 26.1 Å². The summed E-state index contributed by atoms with van der Waals surface area (Å²) in [6, 6.07) is 6.21. The van der Waals surface area contributed by atoms with Gasteiger partial charge in [-0.25, -0.2) is 8.78 Å². The minimum Gasteiger partial charge on any atom is -0.493 e. The molecular weight excluding hydrogens is 334 g/mol. The molecule has 0 heterocycles. The zero-order chi connectivity index (χ0) is 18.4. The van der Waals surface area contributed by atoms with Crippen molar-refractivity contribution in [2.24, 2.45) is 5.10 Å². The summed E-state index contributed by atoms with van der Waals surface area (Å²) in [6.07, 6.45) is 1.38. The largest absolute Gasteiger partial charge is 0.493 e. The lowest BCUT2D eigenvalue weighted by Gasteiger charge is -2.13. The van der Waals surface area contributed by atoms with Crippen LogP contribution in [0.15, 0.2) is 35.4 Å². The van der Waals surface area contributed by atoms with Crippen molar-refractivity contribution in [1.82, 2.24) is 0 Å². The Morgan fingerprint density at radius 3 is 2.28 bits per heavy atom. The van der Waals surface area contributed by atoms with Crippen LogP contribution in [0.4, 0.5) is 14.5 Å². The van der Waals surface area contributed by atoms with Crippen LogP contribution in [-0.4, -0.2) is 26.4 Å². The molecule has 0 bridgehead atoms.